The summed E-state index contributed by atoms with van der Waals surface area (Å²) in [6, 6.07) is 15.0. The van der Waals surface area contributed by atoms with E-state index in [-0.39, 0.29) is 11.9 Å². The first-order chi connectivity index (χ1) is 13.0. The number of halogens is 1. The molecule has 3 aromatic rings. The molecule has 3 rings (SSSR count). The molecule has 0 fully saturated rings. The number of benzene rings is 2. The van der Waals surface area contributed by atoms with Gasteiger partial charge >= 0.3 is 0 Å². The third-order valence-electron chi connectivity index (χ3n) is 4.40. The van der Waals surface area contributed by atoms with Gasteiger partial charge in [0.05, 0.1) is 17.3 Å². The second kappa shape index (κ2) is 8.63. The lowest BCUT2D eigenvalue weighted by Gasteiger charge is -2.16. The summed E-state index contributed by atoms with van der Waals surface area (Å²) in [5.41, 5.74) is 3.63. The number of hydrogen-bond donors (Lipinski definition) is 1. The van der Waals surface area contributed by atoms with Gasteiger partial charge in [-0.2, -0.15) is 0 Å². The fourth-order valence-electron chi connectivity index (χ4n) is 2.75. The predicted molar refractivity (Wildman–Crippen MR) is 109 cm³/mol. The highest BCUT2D eigenvalue weighted by Gasteiger charge is 2.16. The van der Waals surface area contributed by atoms with Gasteiger partial charge in [0.1, 0.15) is 5.76 Å². The van der Waals surface area contributed by atoms with Crippen LogP contribution >= 0.6 is 23.4 Å². The van der Waals surface area contributed by atoms with Gasteiger partial charge in [-0.05, 0) is 50.6 Å². The first-order valence-electron chi connectivity index (χ1n) is 8.65. The molecular formula is C21H21ClN2O2S. The van der Waals surface area contributed by atoms with Gasteiger partial charge in [0.15, 0.2) is 0 Å². The molecule has 0 saturated carbocycles. The van der Waals surface area contributed by atoms with E-state index >= 15 is 0 Å². The number of rotatable bonds is 6. The van der Waals surface area contributed by atoms with Crippen molar-refractivity contribution < 1.29 is 9.32 Å². The summed E-state index contributed by atoms with van der Waals surface area (Å²) in [6.45, 7) is 5.79. The van der Waals surface area contributed by atoms with E-state index in [4.69, 9.17) is 16.1 Å². The van der Waals surface area contributed by atoms with Gasteiger partial charge in [0.2, 0.25) is 0 Å². The fraction of sp³-hybridized carbons (Fsp3) is 0.238. The predicted octanol–water partition coefficient (Wildman–Crippen LogP) is 5.73. The third kappa shape index (κ3) is 4.73. The van der Waals surface area contributed by atoms with E-state index in [1.807, 2.05) is 69.3 Å². The number of aryl methyl sites for hydroxylation is 2. The van der Waals surface area contributed by atoms with Gasteiger partial charge in [0, 0.05) is 21.2 Å². The molecule has 0 spiro atoms. The first kappa shape index (κ1) is 19.5. The number of hydrogen-bond acceptors (Lipinski definition) is 4. The maximum absolute atomic E-state index is 12.8. The molecular weight excluding hydrogens is 380 g/mol. The van der Waals surface area contributed by atoms with Crippen LogP contribution in [-0.4, -0.2) is 11.1 Å². The lowest BCUT2D eigenvalue weighted by atomic mass is 10.1. The van der Waals surface area contributed by atoms with Crippen molar-refractivity contribution >= 4 is 29.3 Å². The SMILES string of the molecule is Cc1noc(C)c1CSc1ccccc1C(=O)NC(C)c1ccc(Cl)cc1. The number of amides is 1. The van der Waals surface area contributed by atoms with Crippen molar-refractivity contribution in [3.05, 3.63) is 81.7 Å². The second-order valence-corrected chi connectivity index (χ2v) is 7.79. The van der Waals surface area contributed by atoms with Crippen molar-refractivity contribution in [2.75, 3.05) is 0 Å². The van der Waals surface area contributed by atoms with E-state index < -0.39 is 0 Å². The molecule has 0 bridgehead atoms. The highest BCUT2D eigenvalue weighted by Crippen LogP contribution is 2.29. The summed E-state index contributed by atoms with van der Waals surface area (Å²) in [7, 11) is 0. The minimum atomic E-state index is -0.115. The van der Waals surface area contributed by atoms with Crippen LogP contribution in [0.2, 0.25) is 5.02 Å². The standard InChI is InChI=1S/C21H21ClN2O2S/c1-13(16-8-10-17(22)11-9-16)23-21(25)18-6-4-5-7-20(18)27-12-19-14(2)24-26-15(19)3/h4-11,13H,12H2,1-3H3,(H,23,25). The molecule has 0 aliphatic carbocycles. The van der Waals surface area contributed by atoms with Crippen LogP contribution in [0.25, 0.3) is 0 Å². The lowest BCUT2D eigenvalue weighted by molar-refractivity contribution is 0.0937. The molecule has 0 aliphatic heterocycles. The number of nitrogens with zero attached hydrogens (tertiary/aromatic N) is 1. The fourth-order valence-corrected chi connectivity index (χ4v) is 4.08. The largest absolute Gasteiger partial charge is 0.361 e. The average molecular weight is 401 g/mol. The van der Waals surface area contributed by atoms with Crippen LogP contribution in [0.1, 0.15) is 45.9 Å². The highest BCUT2D eigenvalue weighted by atomic mass is 35.5. The van der Waals surface area contributed by atoms with Crippen LogP contribution in [-0.2, 0) is 5.75 Å². The van der Waals surface area contributed by atoms with Crippen LogP contribution in [0, 0.1) is 13.8 Å². The minimum Gasteiger partial charge on any atom is -0.361 e. The summed E-state index contributed by atoms with van der Waals surface area (Å²) in [4.78, 5) is 13.8. The molecule has 4 nitrogen and oxygen atoms in total. The molecule has 1 atom stereocenters. The molecule has 1 aromatic heterocycles. The molecule has 6 heteroatoms. The lowest BCUT2D eigenvalue weighted by Crippen LogP contribution is -2.27. The van der Waals surface area contributed by atoms with Crippen molar-refractivity contribution in [2.24, 2.45) is 0 Å². The topological polar surface area (TPSA) is 55.1 Å². The molecule has 0 saturated heterocycles. The smallest absolute Gasteiger partial charge is 0.252 e. The maximum atomic E-state index is 12.8. The zero-order valence-electron chi connectivity index (χ0n) is 15.5. The minimum absolute atomic E-state index is 0.0979. The van der Waals surface area contributed by atoms with E-state index in [0.29, 0.717) is 16.3 Å². The molecule has 1 unspecified atom stereocenters. The maximum Gasteiger partial charge on any atom is 0.252 e. The number of aromatic nitrogens is 1. The Hall–Kier alpha value is -2.24. The van der Waals surface area contributed by atoms with Gasteiger partial charge in [-0.15, -0.1) is 11.8 Å². The normalized spacial score (nSPS) is 12.0. The quantitative estimate of drug-likeness (QED) is 0.537. The van der Waals surface area contributed by atoms with Gasteiger partial charge in [-0.25, -0.2) is 0 Å². The van der Waals surface area contributed by atoms with Gasteiger partial charge in [-0.3, -0.25) is 4.79 Å². The summed E-state index contributed by atoms with van der Waals surface area (Å²) in [6.07, 6.45) is 0. The molecule has 0 aliphatic rings. The van der Waals surface area contributed by atoms with E-state index in [0.717, 1.165) is 27.5 Å². The number of carbonyl (C=O) groups excluding carboxylic acids is 1. The van der Waals surface area contributed by atoms with Crippen LogP contribution in [0.3, 0.4) is 0 Å². The van der Waals surface area contributed by atoms with Crippen molar-refractivity contribution in [3.8, 4) is 0 Å². The van der Waals surface area contributed by atoms with Crippen molar-refractivity contribution in [1.29, 1.82) is 0 Å². The van der Waals surface area contributed by atoms with Crippen molar-refractivity contribution in [3.63, 3.8) is 0 Å². The number of thioether (sulfide) groups is 1. The summed E-state index contributed by atoms with van der Waals surface area (Å²) < 4.78 is 5.22. The molecule has 0 radical (unpaired) electrons. The molecule has 1 N–H and O–H groups in total. The Labute approximate surface area is 168 Å². The molecule has 2 aromatic carbocycles. The van der Waals surface area contributed by atoms with Gasteiger partial charge < -0.3 is 9.84 Å². The van der Waals surface area contributed by atoms with E-state index in [1.165, 1.54) is 0 Å². The van der Waals surface area contributed by atoms with E-state index in [2.05, 4.69) is 10.5 Å². The van der Waals surface area contributed by atoms with Gasteiger partial charge in [0.25, 0.3) is 5.91 Å². The number of carbonyl (C=O) groups is 1. The Morgan fingerprint density at radius 3 is 2.56 bits per heavy atom. The van der Waals surface area contributed by atoms with Gasteiger partial charge in [-0.1, -0.05) is 41.0 Å². The van der Waals surface area contributed by atoms with Crippen LogP contribution in [0.5, 0.6) is 0 Å². The van der Waals surface area contributed by atoms with Crippen LogP contribution in [0.4, 0.5) is 0 Å². The zero-order chi connectivity index (χ0) is 19.4. The Balaban J connectivity index is 1.72. The summed E-state index contributed by atoms with van der Waals surface area (Å²) >= 11 is 7.54. The van der Waals surface area contributed by atoms with Crippen LogP contribution < -0.4 is 5.32 Å². The molecule has 140 valence electrons. The third-order valence-corrected chi connectivity index (χ3v) is 5.75. The average Bonchev–Trinajstić information content (AvgIpc) is 2.98. The Kier molecular flexibility index (Phi) is 6.24. The van der Waals surface area contributed by atoms with Crippen LogP contribution in [0.15, 0.2) is 57.9 Å². The first-order valence-corrected chi connectivity index (χ1v) is 10.0. The summed E-state index contributed by atoms with van der Waals surface area (Å²) in [5, 5.41) is 7.73. The second-order valence-electron chi connectivity index (χ2n) is 6.33. The van der Waals surface area contributed by atoms with Crippen molar-refractivity contribution in [2.45, 2.75) is 37.5 Å². The Morgan fingerprint density at radius 2 is 1.89 bits per heavy atom. The molecule has 27 heavy (non-hydrogen) atoms. The van der Waals surface area contributed by atoms with E-state index in [1.54, 1.807) is 11.8 Å². The Bertz CT molecular complexity index is 918. The monoisotopic (exact) mass is 400 g/mol. The summed E-state index contributed by atoms with van der Waals surface area (Å²) in [5.74, 6) is 1.43. The zero-order valence-corrected chi connectivity index (χ0v) is 17.0. The molecule has 1 amide bonds. The Morgan fingerprint density at radius 1 is 1.19 bits per heavy atom. The van der Waals surface area contributed by atoms with E-state index in [9.17, 15) is 4.79 Å². The highest BCUT2D eigenvalue weighted by molar-refractivity contribution is 7.98. The molecule has 1 heterocycles. The number of nitrogens with one attached hydrogen (secondary N) is 1. The van der Waals surface area contributed by atoms with Crippen molar-refractivity contribution in [1.82, 2.24) is 10.5 Å².